The molecule has 0 atom stereocenters. The van der Waals surface area contributed by atoms with Crippen molar-refractivity contribution in [3.63, 3.8) is 0 Å². The molecule has 0 aliphatic carbocycles. The van der Waals surface area contributed by atoms with Gasteiger partial charge in [0.05, 0.1) is 51.1 Å². The predicted octanol–water partition coefficient (Wildman–Crippen LogP) is 6.25. The Kier molecular flexibility index (Phi) is 11.7. The Morgan fingerprint density at radius 3 is 2.61 bits per heavy atom. The number of nitrogens with zero attached hydrogens (tertiary/aromatic N) is 6. The molecule has 0 radical (unpaired) electrons. The van der Waals surface area contributed by atoms with Gasteiger partial charge < -0.3 is 29.9 Å². The lowest BCUT2D eigenvalue weighted by atomic mass is 10.2. The molecule has 0 unspecified atom stereocenters. The number of carboxylic acid groups (broad SMARTS) is 1. The van der Waals surface area contributed by atoms with Crippen LogP contribution in [0.25, 0.3) is 10.2 Å². The third kappa shape index (κ3) is 9.70. The number of hydrogen-bond donors (Lipinski definition) is 3. The number of aryl methyl sites for hydroxylation is 2. The largest absolute Gasteiger partial charge is 0.491 e. The summed E-state index contributed by atoms with van der Waals surface area (Å²) in [7, 11) is 8.18. The van der Waals surface area contributed by atoms with E-state index in [-0.39, 0.29) is 18.1 Å². The molecule has 0 amide bonds. The van der Waals surface area contributed by atoms with Crippen LogP contribution in [0.3, 0.4) is 0 Å². The summed E-state index contributed by atoms with van der Waals surface area (Å²) in [6.45, 7) is 4.12. The number of fused-ring (bicyclic) bond motifs is 1. The summed E-state index contributed by atoms with van der Waals surface area (Å²) in [4.78, 5) is 24.0. The van der Waals surface area contributed by atoms with Crippen LogP contribution in [-0.2, 0) is 6.42 Å². The number of para-hydroxylation sites is 1. The van der Waals surface area contributed by atoms with E-state index in [0.717, 1.165) is 38.4 Å². The maximum atomic E-state index is 14.6. The van der Waals surface area contributed by atoms with E-state index >= 15 is 0 Å². The van der Waals surface area contributed by atoms with Crippen LogP contribution >= 0.6 is 22.7 Å². The Hall–Kier alpha value is -4.68. The van der Waals surface area contributed by atoms with E-state index in [0.29, 0.717) is 53.1 Å². The van der Waals surface area contributed by atoms with E-state index in [2.05, 4.69) is 63.8 Å². The highest BCUT2D eigenvalue weighted by molar-refractivity contribution is 7.22. The van der Waals surface area contributed by atoms with Crippen LogP contribution in [0.1, 0.15) is 39.3 Å². The predicted molar refractivity (Wildman–Crippen MR) is 194 cm³/mol. The Balaban J connectivity index is 1.32. The molecule has 2 aromatic carbocycles. The smallest absolute Gasteiger partial charge is 0.355 e. The zero-order valence-electron chi connectivity index (χ0n) is 28.2. The fraction of sp³-hybridized carbons (Fsp3) is 0.343. The molecule has 0 aliphatic rings. The number of hydrogen-bond acceptors (Lipinski definition) is 11. The number of rotatable bonds is 15. The lowest BCUT2D eigenvalue weighted by molar-refractivity contribution is -0.870. The van der Waals surface area contributed by atoms with Gasteiger partial charge in [-0.3, -0.25) is 0 Å². The van der Waals surface area contributed by atoms with Crippen molar-refractivity contribution in [2.75, 3.05) is 64.6 Å². The van der Waals surface area contributed by atoms with E-state index in [1.54, 1.807) is 19.2 Å². The molecular formula is C35H40FN8O3S2+. The molecule has 11 nitrogen and oxygen atoms in total. The Labute approximate surface area is 293 Å². The molecular weight excluding hydrogens is 664 g/mol. The maximum absolute atomic E-state index is 14.6. The number of aromatic nitrogens is 4. The molecule has 0 bridgehead atoms. The average Bonchev–Trinajstić information content (AvgIpc) is 3.67. The molecule has 0 saturated carbocycles. The number of carboxylic acids is 1. The average molecular weight is 704 g/mol. The van der Waals surface area contributed by atoms with Gasteiger partial charge >= 0.3 is 5.97 Å². The summed E-state index contributed by atoms with van der Waals surface area (Å²) in [6, 6.07) is 14.5. The third-order valence-corrected chi connectivity index (χ3v) is 9.42. The summed E-state index contributed by atoms with van der Waals surface area (Å²) in [5.74, 6) is 5.48. The van der Waals surface area contributed by atoms with E-state index in [1.807, 2.05) is 42.2 Å². The summed E-state index contributed by atoms with van der Waals surface area (Å²) in [6.07, 6.45) is 1.68. The quantitative estimate of drug-likeness (QED) is 0.0655. The minimum atomic E-state index is -1.11. The van der Waals surface area contributed by atoms with Gasteiger partial charge in [0.1, 0.15) is 0 Å². The summed E-state index contributed by atoms with van der Waals surface area (Å²) in [5, 5.41) is 26.6. The van der Waals surface area contributed by atoms with Gasteiger partial charge in [-0.1, -0.05) is 35.3 Å². The molecule has 0 aliphatic heterocycles. The summed E-state index contributed by atoms with van der Waals surface area (Å²) < 4.78 is 22.1. The van der Waals surface area contributed by atoms with Gasteiger partial charge in [0, 0.05) is 23.4 Å². The molecule has 3 N–H and O–H groups in total. The normalized spacial score (nSPS) is 11.3. The molecule has 3 heterocycles. The van der Waals surface area contributed by atoms with Gasteiger partial charge in [-0.2, -0.15) is 0 Å². The number of ether oxygens (including phenoxy) is 1. The van der Waals surface area contributed by atoms with Crippen LogP contribution in [0.5, 0.6) is 5.75 Å². The van der Waals surface area contributed by atoms with Gasteiger partial charge in [0.25, 0.3) is 0 Å². The van der Waals surface area contributed by atoms with Crippen LogP contribution in [-0.4, -0.2) is 90.2 Å². The fourth-order valence-corrected chi connectivity index (χ4v) is 6.89. The number of halogens is 1. The number of aromatic carboxylic acids is 1. The van der Waals surface area contributed by atoms with Crippen LogP contribution in [0.15, 0.2) is 48.5 Å². The van der Waals surface area contributed by atoms with Crippen LogP contribution in [0, 0.1) is 24.6 Å². The van der Waals surface area contributed by atoms with Crippen LogP contribution < -0.4 is 20.3 Å². The SMILES string of the molecule is CNCC#Cc1ccc(OCCCc2sc(N(CCC[N+](C)(C)C)c3cc(C)c(Nc4nc5ccccc5s4)nn3)nc2C(=O)O)c(F)c1. The summed E-state index contributed by atoms with van der Waals surface area (Å²) in [5.41, 5.74) is 2.33. The zero-order chi connectivity index (χ0) is 35.0. The molecule has 0 spiro atoms. The second-order valence-electron chi connectivity index (χ2n) is 12.4. The molecule has 256 valence electrons. The molecule has 5 rings (SSSR count). The number of thiazole rings is 2. The maximum Gasteiger partial charge on any atom is 0.355 e. The van der Waals surface area contributed by atoms with E-state index in [9.17, 15) is 14.3 Å². The number of anilines is 4. The molecule has 14 heteroatoms. The van der Waals surface area contributed by atoms with Gasteiger partial charge in [-0.15, -0.1) is 21.5 Å². The highest BCUT2D eigenvalue weighted by Crippen LogP contribution is 2.34. The first-order valence-corrected chi connectivity index (χ1v) is 17.5. The molecule has 5 aromatic rings. The first-order valence-electron chi connectivity index (χ1n) is 15.8. The van der Waals surface area contributed by atoms with Crippen molar-refractivity contribution >= 4 is 60.8 Å². The second kappa shape index (κ2) is 16.1. The zero-order valence-corrected chi connectivity index (χ0v) is 29.8. The Morgan fingerprint density at radius 1 is 1.08 bits per heavy atom. The first-order chi connectivity index (χ1) is 23.5. The van der Waals surface area contributed by atoms with Crippen molar-refractivity contribution in [2.45, 2.75) is 26.2 Å². The Bertz CT molecular complexity index is 1950. The minimum Gasteiger partial charge on any atom is -0.491 e. The van der Waals surface area contributed by atoms with Crippen molar-refractivity contribution in [1.29, 1.82) is 0 Å². The van der Waals surface area contributed by atoms with Crippen LogP contribution in [0.4, 0.5) is 26.3 Å². The van der Waals surface area contributed by atoms with Gasteiger partial charge in [0.15, 0.2) is 39.2 Å². The number of quaternary nitrogens is 1. The third-order valence-electron chi connectivity index (χ3n) is 7.33. The van der Waals surface area contributed by atoms with Crippen LogP contribution in [0.2, 0.25) is 0 Å². The lowest BCUT2D eigenvalue weighted by Gasteiger charge is -2.26. The van der Waals surface area contributed by atoms with E-state index < -0.39 is 11.8 Å². The highest BCUT2D eigenvalue weighted by Gasteiger charge is 2.24. The van der Waals surface area contributed by atoms with Crippen molar-refractivity contribution in [1.82, 2.24) is 25.5 Å². The molecule has 49 heavy (non-hydrogen) atoms. The monoisotopic (exact) mass is 703 g/mol. The van der Waals surface area contributed by atoms with Gasteiger partial charge in [-0.25, -0.2) is 19.2 Å². The second-order valence-corrected chi connectivity index (χ2v) is 14.5. The van der Waals surface area contributed by atoms with Gasteiger partial charge in [-0.05, 0) is 68.8 Å². The number of nitrogens with one attached hydrogen (secondary N) is 2. The molecule has 3 aromatic heterocycles. The minimum absolute atomic E-state index is 0.00826. The number of carbonyl (C=O) groups is 1. The molecule has 0 saturated heterocycles. The van der Waals surface area contributed by atoms with Crippen molar-refractivity contribution < 1.29 is 23.5 Å². The van der Waals surface area contributed by atoms with Crippen molar-refractivity contribution in [2.24, 2.45) is 0 Å². The fourth-order valence-electron chi connectivity index (χ4n) is 4.90. The van der Waals surface area contributed by atoms with E-state index in [1.165, 1.54) is 28.7 Å². The van der Waals surface area contributed by atoms with Gasteiger partial charge in [0.2, 0.25) is 0 Å². The topological polar surface area (TPSA) is 125 Å². The number of benzene rings is 2. The first kappa shape index (κ1) is 35.6. The highest BCUT2D eigenvalue weighted by atomic mass is 32.1. The summed E-state index contributed by atoms with van der Waals surface area (Å²) >= 11 is 2.85. The standard InChI is InChI=1S/C35H39FN8O3S2/c1-23-21-30(41-42-32(23)40-34-38-26-12-6-7-13-28(26)48-34)43(18-10-19-44(3,4)5)35-39-31(33(45)46)29(49-35)14-9-20-47-27-16-15-24(22-25(27)36)11-8-17-37-2/h6-7,12-13,15-16,21-22,37H,9-10,14,17-20H2,1-5H3,(H-,38,40,42,45,46)/p+1. The van der Waals surface area contributed by atoms with E-state index in [4.69, 9.17) is 4.74 Å². The molecule has 0 fully saturated rings. The Morgan fingerprint density at radius 2 is 1.90 bits per heavy atom. The van der Waals surface area contributed by atoms with Crippen molar-refractivity contribution in [3.8, 4) is 17.6 Å². The van der Waals surface area contributed by atoms with Crippen molar-refractivity contribution in [3.05, 3.63) is 76.0 Å². The lowest BCUT2D eigenvalue weighted by Crippen LogP contribution is -2.37.